The van der Waals surface area contributed by atoms with Crippen molar-refractivity contribution in [1.82, 2.24) is 9.88 Å². The smallest absolute Gasteiger partial charge is 0.213 e. The Labute approximate surface area is 175 Å². The van der Waals surface area contributed by atoms with E-state index < -0.39 is 0 Å². The van der Waals surface area contributed by atoms with Crippen LogP contribution in [0.15, 0.2) is 34.9 Å². The lowest BCUT2D eigenvalue weighted by Gasteiger charge is -2.19. The van der Waals surface area contributed by atoms with Crippen LogP contribution in [0.25, 0.3) is 21.9 Å². The normalized spacial score (nSPS) is 20.5. The van der Waals surface area contributed by atoms with Gasteiger partial charge in [0.25, 0.3) is 0 Å². The van der Waals surface area contributed by atoms with E-state index in [-0.39, 0.29) is 23.9 Å². The van der Waals surface area contributed by atoms with Crippen molar-refractivity contribution in [3.8, 4) is 5.88 Å². The summed E-state index contributed by atoms with van der Waals surface area (Å²) in [6, 6.07) is 7.70. The third-order valence-electron chi connectivity index (χ3n) is 6.32. The summed E-state index contributed by atoms with van der Waals surface area (Å²) in [5.41, 5.74) is 2.43. The number of likely N-dealkylation sites (tertiary alicyclic amines) is 1. The molecule has 0 unspecified atom stereocenters. The van der Waals surface area contributed by atoms with Gasteiger partial charge < -0.3 is 14.1 Å². The highest BCUT2D eigenvalue weighted by atomic mass is 16.5. The second-order valence-electron chi connectivity index (χ2n) is 8.37. The van der Waals surface area contributed by atoms with Crippen LogP contribution >= 0.6 is 0 Å². The molecule has 6 heteroatoms. The topological polar surface area (TPSA) is 72.6 Å². The predicted molar refractivity (Wildman–Crippen MR) is 114 cm³/mol. The lowest BCUT2D eigenvalue weighted by molar-refractivity contribution is -0.130. The fourth-order valence-electron chi connectivity index (χ4n) is 4.76. The minimum atomic E-state index is -0.281. The molecule has 2 fully saturated rings. The second-order valence-corrected chi connectivity index (χ2v) is 8.37. The van der Waals surface area contributed by atoms with Crippen LogP contribution in [0.4, 0.5) is 0 Å². The molecule has 0 N–H and O–H groups in total. The van der Waals surface area contributed by atoms with E-state index in [2.05, 4.69) is 9.88 Å². The number of furan rings is 1. The number of pyridine rings is 1. The van der Waals surface area contributed by atoms with Crippen molar-refractivity contribution in [2.75, 3.05) is 26.2 Å². The molecular formula is C24H26N2O4. The van der Waals surface area contributed by atoms with Crippen LogP contribution in [-0.2, 0) is 9.59 Å². The van der Waals surface area contributed by atoms with Gasteiger partial charge in [-0.2, -0.15) is 0 Å². The number of ketones is 2. The molecule has 30 heavy (non-hydrogen) atoms. The number of Topliss-reactive ketones (excluding diaryl/α,β-unsaturated/α-hetero) is 2. The summed E-state index contributed by atoms with van der Waals surface area (Å²) in [5.74, 6) is 0.350. The van der Waals surface area contributed by atoms with Gasteiger partial charge in [-0.25, -0.2) is 4.98 Å². The molecule has 0 bridgehead atoms. The number of carbonyl (C=O) groups excluding carboxylic acids is 2. The van der Waals surface area contributed by atoms with Crippen LogP contribution in [-0.4, -0.2) is 47.7 Å². The first-order chi connectivity index (χ1) is 14.7. The Kier molecular flexibility index (Phi) is 5.25. The Bertz CT molecular complexity index is 1100. The van der Waals surface area contributed by atoms with E-state index in [1.54, 1.807) is 6.26 Å². The molecule has 5 rings (SSSR count). The zero-order valence-corrected chi connectivity index (χ0v) is 17.1. The van der Waals surface area contributed by atoms with Crippen molar-refractivity contribution in [2.24, 2.45) is 0 Å². The van der Waals surface area contributed by atoms with Gasteiger partial charge in [0.15, 0.2) is 0 Å². The average molecular weight is 406 g/mol. The lowest BCUT2D eigenvalue weighted by Crippen LogP contribution is -2.23. The minimum Gasteiger partial charge on any atom is -0.478 e. The number of fused-ring (bicyclic) bond motifs is 3. The van der Waals surface area contributed by atoms with E-state index in [0.717, 1.165) is 40.4 Å². The van der Waals surface area contributed by atoms with Gasteiger partial charge in [-0.05, 0) is 57.0 Å². The van der Waals surface area contributed by atoms with Crippen molar-refractivity contribution < 1.29 is 18.7 Å². The standard InChI is InChI=1S/C24H26N2O4/c27-16-4-5-17(21(28)14-16)19-15-30-22-8-7-20-18(24(19)22)6-9-23(25-20)29-13-3-12-26-10-1-2-11-26/h6-9,15,17H,1-5,10-14H2/t17-/m0/s1. The molecule has 6 nitrogen and oxygen atoms in total. The molecule has 1 saturated heterocycles. The number of nitrogens with zero attached hydrogens (tertiary/aromatic N) is 2. The molecule has 1 aromatic carbocycles. The van der Waals surface area contributed by atoms with Crippen molar-refractivity contribution in [3.05, 3.63) is 36.1 Å². The third kappa shape index (κ3) is 3.72. The summed E-state index contributed by atoms with van der Waals surface area (Å²) >= 11 is 0. The molecule has 156 valence electrons. The lowest BCUT2D eigenvalue weighted by atomic mass is 9.82. The first kappa shape index (κ1) is 19.2. The quantitative estimate of drug-likeness (QED) is 0.450. The van der Waals surface area contributed by atoms with Crippen LogP contribution in [0, 0.1) is 0 Å². The summed E-state index contributed by atoms with van der Waals surface area (Å²) < 4.78 is 11.6. The molecule has 2 aliphatic rings. The zero-order valence-electron chi connectivity index (χ0n) is 17.1. The maximum atomic E-state index is 12.5. The van der Waals surface area contributed by atoms with E-state index in [4.69, 9.17) is 9.15 Å². The van der Waals surface area contributed by atoms with Crippen LogP contribution < -0.4 is 4.74 Å². The fraction of sp³-hybridized carbons (Fsp3) is 0.458. The van der Waals surface area contributed by atoms with E-state index in [0.29, 0.717) is 25.3 Å². The summed E-state index contributed by atoms with van der Waals surface area (Å²) in [4.78, 5) is 31.2. The summed E-state index contributed by atoms with van der Waals surface area (Å²) in [6.07, 6.45) is 6.30. The second kappa shape index (κ2) is 8.19. The van der Waals surface area contributed by atoms with Gasteiger partial charge >= 0.3 is 0 Å². The van der Waals surface area contributed by atoms with Crippen LogP contribution in [0.5, 0.6) is 5.88 Å². The molecule has 0 radical (unpaired) electrons. The number of hydrogen-bond acceptors (Lipinski definition) is 6. The molecule has 3 aromatic rings. The Balaban J connectivity index is 1.36. The Morgan fingerprint density at radius 1 is 1.13 bits per heavy atom. The largest absolute Gasteiger partial charge is 0.478 e. The van der Waals surface area contributed by atoms with Gasteiger partial charge in [-0.15, -0.1) is 0 Å². The SMILES string of the molecule is O=C1CC[C@@H](c2coc3ccc4nc(OCCCN5CCCC5)ccc4c23)C(=O)C1. The number of aromatic nitrogens is 1. The van der Waals surface area contributed by atoms with Gasteiger partial charge in [0.1, 0.15) is 17.1 Å². The molecule has 1 aliphatic carbocycles. The fourth-order valence-corrected chi connectivity index (χ4v) is 4.76. The summed E-state index contributed by atoms with van der Waals surface area (Å²) in [5, 5.41) is 1.87. The molecule has 1 aliphatic heterocycles. The molecule has 1 saturated carbocycles. The summed E-state index contributed by atoms with van der Waals surface area (Å²) in [6.45, 7) is 4.13. The highest BCUT2D eigenvalue weighted by Crippen LogP contribution is 2.38. The maximum absolute atomic E-state index is 12.5. The molecular weight excluding hydrogens is 380 g/mol. The maximum Gasteiger partial charge on any atom is 0.213 e. The zero-order chi connectivity index (χ0) is 20.5. The number of ether oxygens (including phenoxy) is 1. The first-order valence-corrected chi connectivity index (χ1v) is 10.9. The van der Waals surface area contributed by atoms with E-state index in [1.165, 1.54) is 25.9 Å². The molecule has 2 aromatic heterocycles. The van der Waals surface area contributed by atoms with Gasteiger partial charge in [-0.3, -0.25) is 9.59 Å². The monoisotopic (exact) mass is 406 g/mol. The molecule has 0 spiro atoms. The van der Waals surface area contributed by atoms with Crippen LogP contribution in [0.3, 0.4) is 0 Å². The minimum absolute atomic E-state index is 0.0168. The molecule has 3 heterocycles. The molecule has 0 amide bonds. The Morgan fingerprint density at radius 3 is 2.83 bits per heavy atom. The van der Waals surface area contributed by atoms with E-state index in [9.17, 15) is 9.59 Å². The predicted octanol–water partition coefficient (Wildman–Crippen LogP) is 4.25. The summed E-state index contributed by atoms with van der Waals surface area (Å²) in [7, 11) is 0. The van der Waals surface area contributed by atoms with Crippen LogP contribution in [0.1, 0.15) is 50.0 Å². The third-order valence-corrected chi connectivity index (χ3v) is 6.32. The molecule has 1 atom stereocenters. The van der Waals surface area contributed by atoms with Crippen molar-refractivity contribution in [3.63, 3.8) is 0 Å². The highest BCUT2D eigenvalue weighted by Gasteiger charge is 2.31. The van der Waals surface area contributed by atoms with E-state index >= 15 is 0 Å². The average Bonchev–Trinajstić information content (AvgIpc) is 3.41. The van der Waals surface area contributed by atoms with Crippen molar-refractivity contribution in [2.45, 2.75) is 44.4 Å². The van der Waals surface area contributed by atoms with E-state index in [1.807, 2.05) is 24.3 Å². The highest BCUT2D eigenvalue weighted by molar-refractivity contribution is 6.10. The van der Waals surface area contributed by atoms with Crippen LogP contribution in [0.2, 0.25) is 0 Å². The first-order valence-electron chi connectivity index (χ1n) is 10.9. The number of hydrogen-bond donors (Lipinski definition) is 0. The Morgan fingerprint density at radius 2 is 2.00 bits per heavy atom. The number of carbonyl (C=O) groups is 2. The van der Waals surface area contributed by atoms with Crippen molar-refractivity contribution >= 4 is 33.4 Å². The van der Waals surface area contributed by atoms with Gasteiger partial charge in [0.2, 0.25) is 5.88 Å². The van der Waals surface area contributed by atoms with Gasteiger partial charge in [0, 0.05) is 41.3 Å². The van der Waals surface area contributed by atoms with Gasteiger partial charge in [-0.1, -0.05) is 0 Å². The number of rotatable bonds is 6. The number of benzene rings is 1. The van der Waals surface area contributed by atoms with Crippen molar-refractivity contribution in [1.29, 1.82) is 0 Å². The van der Waals surface area contributed by atoms with Gasteiger partial charge in [0.05, 0.1) is 24.8 Å². The Hall–Kier alpha value is -2.73.